The summed E-state index contributed by atoms with van der Waals surface area (Å²) >= 11 is 0. The van der Waals surface area contributed by atoms with Crippen molar-refractivity contribution in [3.05, 3.63) is 0 Å². The van der Waals surface area contributed by atoms with Crippen LogP contribution in [0.4, 0.5) is 0 Å². The second kappa shape index (κ2) is 6.36. The summed E-state index contributed by atoms with van der Waals surface area (Å²) in [5.74, 6) is 1.66. The van der Waals surface area contributed by atoms with Crippen LogP contribution in [0.2, 0.25) is 0 Å². The van der Waals surface area contributed by atoms with E-state index < -0.39 is 0 Å². The van der Waals surface area contributed by atoms with Crippen molar-refractivity contribution in [3.8, 4) is 0 Å². The summed E-state index contributed by atoms with van der Waals surface area (Å²) in [6.45, 7) is 5.96. The van der Waals surface area contributed by atoms with Crippen molar-refractivity contribution >= 4 is 0 Å². The number of likely N-dealkylation sites (N-methyl/N-ethyl adjacent to an activating group) is 2. The van der Waals surface area contributed by atoms with Crippen LogP contribution < -0.4 is 5.73 Å². The van der Waals surface area contributed by atoms with E-state index in [9.17, 15) is 0 Å². The maximum absolute atomic E-state index is 6.50. The fourth-order valence-corrected chi connectivity index (χ4v) is 3.73. The highest BCUT2D eigenvalue weighted by Crippen LogP contribution is 2.31. The summed E-state index contributed by atoms with van der Waals surface area (Å²) in [5, 5.41) is 0. The summed E-state index contributed by atoms with van der Waals surface area (Å²) in [4.78, 5) is 4.95. The van der Waals surface area contributed by atoms with Gasteiger partial charge in [-0.2, -0.15) is 0 Å². The van der Waals surface area contributed by atoms with Crippen molar-refractivity contribution in [2.75, 3.05) is 33.7 Å². The summed E-state index contributed by atoms with van der Waals surface area (Å²) in [6.07, 6.45) is 6.69. The molecule has 1 heterocycles. The lowest BCUT2D eigenvalue weighted by atomic mass is 9.77. The second-order valence-electron chi connectivity index (χ2n) is 6.83. The van der Waals surface area contributed by atoms with Crippen molar-refractivity contribution < 1.29 is 0 Å². The smallest absolute Gasteiger partial charge is 0.0235 e. The van der Waals surface area contributed by atoms with E-state index in [0.717, 1.165) is 11.8 Å². The number of nitrogens with two attached hydrogens (primary N) is 1. The zero-order valence-corrected chi connectivity index (χ0v) is 12.4. The molecule has 1 saturated heterocycles. The number of hydrogen-bond acceptors (Lipinski definition) is 3. The van der Waals surface area contributed by atoms with Gasteiger partial charge in [-0.15, -0.1) is 0 Å². The van der Waals surface area contributed by atoms with Crippen molar-refractivity contribution in [1.29, 1.82) is 0 Å². The van der Waals surface area contributed by atoms with E-state index >= 15 is 0 Å². The predicted molar refractivity (Wildman–Crippen MR) is 77.6 cm³/mol. The van der Waals surface area contributed by atoms with Crippen LogP contribution in [0.1, 0.15) is 39.0 Å². The lowest BCUT2D eigenvalue weighted by Gasteiger charge is -2.40. The van der Waals surface area contributed by atoms with E-state index in [4.69, 9.17) is 5.73 Å². The Balaban J connectivity index is 1.83. The molecule has 1 aliphatic carbocycles. The van der Waals surface area contributed by atoms with Crippen LogP contribution in [0.15, 0.2) is 0 Å². The van der Waals surface area contributed by atoms with Gasteiger partial charge in [-0.25, -0.2) is 0 Å². The molecule has 2 N–H and O–H groups in total. The van der Waals surface area contributed by atoms with Crippen molar-refractivity contribution in [1.82, 2.24) is 9.80 Å². The van der Waals surface area contributed by atoms with E-state index in [1.165, 1.54) is 51.7 Å². The van der Waals surface area contributed by atoms with Gasteiger partial charge in [0.05, 0.1) is 0 Å². The highest BCUT2D eigenvalue weighted by Gasteiger charge is 2.29. The number of nitrogens with zero attached hydrogens (tertiary/aromatic N) is 2. The highest BCUT2D eigenvalue weighted by atomic mass is 15.3. The third kappa shape index (κ3) is 3.69. The minimum atomic E-state index is 0.409. The second-order valence-corrected chi connectivity index (χ2v) is 6.83. The molecular weight excluding hydrogens is 222 g/mol. The van der Waals surface area contributed by atoms with Crippen molar-refractivity contribution in [2.24, 2.45) is 17.6 Å². The summed E-state index contributed by atoms with van der Waals surface area (Å²) < 4.78 is 0. The van der Waals surface area contributed by atoms with E-state index in [1.54, 1.807) is 0 Å². The molecule has 18 heavy (non-hydrogen) atoms. The summed E-state index contributed by atoms with van der Waals surface area (Å²) in [7, 11) is 4.49. The van der Waals surface area contributed by atoms with Crippen LogP contribution in [-0.4, -0.2) is 55.6 Å². The summed E-state index contributed by atoms with van der Waals surface area (Å²) in [6, 6.07) is 1.07. The van der Waals surface area contributed by atoms with Gasteiger partial charge in [0, 0.05) is 31.7 Å². The molecule has 2 aliphatic rings. The van der Waals surface area contributed by atoms with Gasteiger partial charge in [0.1, 0.15) is 0 Å². The van der Waals surface area contributed by atoms with Crippen molar-refractivity contribution in [3.63, 3.8) is 0 Å². The first kappa shape index (κ1) is 14.3. The molecule has 2 fully saturated rings. The van der Waals surface area contributed by atoms with Gasteiger partial charge < -0.3 is 15.5 Å². The predicted octanol–water partition coefficient (Wildman–Crippen LogP) is 1.78. The van der Waals surface area contributed by atoms with Crippen LogP contribution in [-0.2, 0) is 0 Å². The average molecular weight is 253 g/mol. The molecule has 0 spiro atoms. The number of piperazine rings is 1. The number of rotatable bonds is 3. The van der Waals surface area contributed by atoms with Gasteiger partial charge in [-0.05, 0) is 45.2 Å². The Labute approximate surface area is 113 Å². The molecule has 0 aromatic heterocycles. The molecule has 1 saturated carbocycles. The third-order valence-corrected chi connectivity index (χ3v) is 5.11. The molecule has 0 radical (unpaired) electrons. The molecule has 0 aromatic carbocycles. The largest absolute Gasteiger partial charge is 0.327 e. The van der Waals surface area contributed by atoms with Crippen LogP contribution in [0, 0.1) is 11.8 Å². The average Bonchev–Trinajstić information content (AvgIpc) is 2.34. The molecule has 106 valence electrons. The molecular formula is C15H31N3. The Morgan fingerprint density at radius 2 is 2.00 bits per heavy atom. The fraction of sp³-hybridized carbons (Fsp3) is 1.00. The first-order valence-electron chi connectivity index (χ1n) is 7.70. The SMILES string of the molecule is CC1CCCC(C(N)CC2CN(C)CCN2C)C1. The molecule has 0 amide bonds. The topological polar surface area (TPSA) is 32.5 Å². The Hall–Kier alpha value is -0.120. The molecule has 2 rings (SSSR count). The Bertz CT molecular complexity index is 256. The van der Waals surface area contributed by atoms with Crippen LogP contribution in [0.25, 0.3) is 0 Å². The Kier molecular flexibility index (Phi) is 5.05. The zero-order valence-electron chi connectivity index (χ0n) is 12.4. The minimum absolute atomic E-state index is 0.409. The summed E-state index contributed by atoms with van der Waals surface area (Å²) in [5.41, 5.74) is 6.50. The quantitative estimate of drug-likeness (QED) is 0.832. The normalized spacial score (nSPS) is 37.7. The lowest BCUT2D eigenvalue weighted by Crippen LogP contribution is -2.52. The first-order valence-corrected chi connectivity index (χ1v) is 7.70. The van der Waals surface area contributed by atoms with Crippen LogP contribution in [0.5, 0.6) is 0 Å². The van der Waals surface area contributed by atoms with E-state index in [1.807, 2.05) is 0 Å². The highest BCUT2D eigenvalue weighted by molar-refractivity contribution is 4.86. The molecule has 4 atom stereocenters. The lowest BCUT2D eigenvalue weighted by molar-refractivity contribution is 0.0940. The first-order chi connectivity index (χ1) is 8.56. The molecule has 3 heteroatoms. The zero-order chi connectivity index (χ0) is 13.1. The van der Waals surface area contributed by atoms with E-state index in [0.29, 0.717) is 12.1 Å². The Morgan fingerprint density at radius 1 is 1.22 bits per heavy atom. The standard InChI is InChI=1S/C15H31N3/c1-12-5-4-6-13(9-12)15(16)10-14-11-17(2)7-8-18(14)3/h12-15H,4-11,16H2,1-3H3. The Morgan fingerprint density at radius 3 is 2.72 bits per heavy atom. The van der Waals surface area contributed by atoms with Gasteiger partial charge in [-0.1, -0.05) is 19.8 Å². The fourth-order valence-electron chi connectivity index (χ4n) is 3.73. The number of hydrogen-bond donors (Lipinski definition) is 1. The molecule has 0 bridgehead atoms. The molecule has 3 nitrogen and oxygen atoms in total. The minimum Gasteiger partial charge on any atom is -0.327 e. The van der Waals surface area contributed by atoms with Gasteiger partial charge in [0.2, 0.25) is 0 Å². The van der Waals surface area contributed by atoms with Crippen LogP contribution in [0.3, 0.4) is 0 Å². The third-order valence-electron chi connectivity index (χ3n) is 5.11. The molecule has 0 aromatic rings. The monoisotopic (exact) mass is 253 g/mol. The van der Waals surface area contributed by atoms with Gasteiger partial charge in [0.25, 0.3) is 0 Å². The van der Waals surface area contributed by atoms with Gasteiger partial charge >= 0.3 is 0 Å². The van der Waals surface area contributed by atoms with Crippen molar-refractivity contribution in [2.45, 2.75) is 51.1 Å². The molecule has 1 aliphatic heterocycles. The maximum atomic E-state index is 6.50. The van der Waals surface area contributed by atoms with Gasteiger partial charge in [-0.3, -0.25) is 0 Å². The molecule has 4 unspecified atom stereocenters. The van der Waals surface area contributed by atoms with E-state index in [2.05, 4.69) is 30.8 Å². The van der Waals surface area contributed by atoms with E-state index in [-0.39, 0.29) is 0 Å². The van der Waals surface area contributed by atoms with Crippen LogP contribution >= 0.6 is 0 Å². The van der Waals surface area contributed by atoms with Gasteiger partial charge in [0.15, 0.2) is 0 Å². The maximum Gasteiger partial charge on any atom is 0.0235 e.